The summed E-state index contributed by atoms with van der Waals surface area (Å²) in [6, 6.07) is 8.95. The third kappa shape index (κ3) is 6.83. The van der Waals surface area contributed by atoms with Gasteiger partial charge in [-0.2, -0.15) is 18.4 Å². The van der Waals surface area contributed by atoms with Crippen LogP contribution in [-0.4, -0.2) is 80.0 Å². The summed E-state index contributed by atoms with van der Waals surface area (Å²) in [6.45, 7) is 6.23. The molecule has 5 aromatic rings. The number of ether oxygens (including phenoxy) is 1. The lowest BCUT2D eigenvalue weighted by atomic mass is 9.96. The Hall–Kier alpha value is -4.78. The number of rotatable bonds is 9. The van der Waals surface area contributed by atoms with Crippen molar-refractivity contribution in [3.63, 3.8) is 0 Å². The van der Waals surface area contributed by atoms with Crippen LogP contribution in [0.4, 0.5) is 19.0 Å². The van der Waals surface area contributed by atoms with Gasteiger partial charge in [0.15, 0.2) is 0 Å². The van der Waals surface area contributed by atoms with Crippen LogP contribution in [0.2, 0.25) is 5.02 Å². The lowest BCUT2D eigenvalue weighted by molar-refractivity contribution is -0.159. The maximum absolute atomic E-state index is 13.9. The van der Waals surface area contributed by atoms with Gasteiger partial charge in [-0.05, 0) is 45.0 Å². The number of aromatic nitrogens is 4. The number of fused-ring (bicyclic) bond motifs is 2. The van der Waals surface area contributed by atoms with Gasteiger partial charge in [0, 0.05) is 59.4 Å². The summed E-state index contributed by atoms with van der Waals surface area (Å²) in [5.41, 5.74) is 0.518. The van der Waals surface area contributed by atoms with Crippen molar-refractivity contribution in [2.75, 3.05) is 37.7 Å². The van der Waals surface area contributed by atoms with Crippen molar-refractivity contribution >= 4 is 55.8 Å². The van der Waals surface area contributed by atoms with E-state index in [-0.39, 0.29) is 41.0 Å². The molecule has 0 atom stereocenters. The topological polar surface area (TPSA) is 137 Å². The number of pyridine rings is 2. The minimum absolute atomic E-state index is 0.0388. The highest BCUT2D eigenvalue weighted by Gasteiger charge is 2.41. The number of carbonyl (C=O) groups is 1. The summed E-state index contributed by atoms with van der Waals surface area (Å²) in [6.07, 6.45) is -2.28. The number of nitrogens with zero attached hydrogens (tertiary/aromatic N) is 7. The third-order valence-electron chi connectivity index (χ3n) is 8.84. The van der Waals surface area contributed by atoms with Gasteiger partial charge in [0.25, 0.3) is 5.56 Å². The number of thiophene rings is 1. The normalized spacial score (nSPS) is 14.3. The first-order valence-corrected chi connectivity index (χ1v) is 16.8. The number of anilines is 1. The van der Waals surface area contributed by atoms with Crippen LogP contribution in [0.15, 0.2) is 46.8 Å². The summed E-state index contributed by atoms with van der Waals surface area (Å²) in [5.74, 6) is 0.0422. The molecular formula is C34H31ClF3N7O4S. The van der Waals surface area contributed by atoms with Crippen LogP contribution in [0, 0.1) is 18.3 Å². The maximum atomic E-state index is 13.9. The van der Waals surface area contributed by atoms with E-state index in [1.165, 1.54) is 33.7 Å². The number of halogens is 4. The molecule has 0 bridgehead atoms. The lowest BCUT2D eigenvalue weighted by Gasteiger charge is -2.44. The van der Waals surface area contributed by atoms with Gasteiger partial charge >= 0.3 is 12.1 Å². The molecule has 4 aromatic heterocycles. The Morgan fingerprint density at radius 3 is 2.56 bits per heavy atom. The fourth-order valence-corrected chi connectivity index (χ4v) is 7.63. The molecule has 1 aliphatic rings. The predicted molar refractivity (Wildman–Crippen MR) is 184 cm³/mol. The van der Waals surface area contributed by atoms with Crippen LogP contribution in [0.5, 0.6) is 5.75 Å². The summed E-state index contributed by atoms with van der Waals surface area (Å²) in [7, 11) is 0. The van der Waals surface area contributed by atoms with Crippen molar-refractivity contribution in [2.24, 2.45) is 0 Å². The van der Waals surface area contributed by atoms with E-state index in [0.29, 0.717) is 64.1 Å². The van der Waals surface area contributed by atoms with Gasteiger partial charge in [0.05, 0.1) is 45.8 Å². The molecule has 1 N–H and O–H groups in total. The molecule has 0 radical (unpaired) electrons. The van der Waals surface area contributed by atoms with Crippen LogP contribution in [0.1, 0.15) is 42.0 Å². The smallest absolute Gasteiger partial charge is 0.390 e. The zero-order valence-electron chi connectivity index (χ0n) is 27.2. The Bertz CT molecular complexity index is 2220. The van der Waals surface area contributed by atoms with Gasteiger partial charge < -0.3 is 14.7 Å². The lowest BCUT2D eigenvalue weighted by Crippen LogP contribution is -2.56. The summed E-state index contributed by atoms with van der Waals surface area (Å²) < 4.78 is 47.8. The van der Waals surface area contributed by atoms with Crippen LogP contribution >= 0.6 is 22.9 Å². The minimum Gasteiger partial charge on any atom is -0.491 e. The number of hydrogen-bond acceptors (Lipinski definition) is 10. The molecule has 1 aliphatic heterocycles. The molecule has 5 heterocycles. The molecule has 0 unspecified atom stereocenters. The number of aryl methyl sites for hydroxylation is 1. The van der Waals surface area contributed by atoms with Gasteiger partial charge in [-0.25, -0.2) is 14.8 Å². The minimum atomic E-state index is -4.30. The Kier molecular flexibility index (Phi) is 9.47. The van der Waals surface area contributed by atoms with E-state index in [2.05, 4.69) is 21.0 Å². The number of aromatic carboxylic acids is 1. The largest absolute Gasteiger partial charge is 0.491 e. The fraction of sp³-hybridized carbons (Fsp3) is 0.353. The molecule has 1 saturated heterocycles. The molecular weight excluding hydrogens is 695 g/mol. The second-order valence-electron chi connectivity index (χ2n) is 12.5. The van der Waals surface area contributed by atoms with E-state index in [0.717, 1.165) is 0 Å². The van der Waals surface area contributed by atoms with Gasteiger partial charge in [-0.15, -0.1) is 11.3 Å². The van der Waals surface area contributed by atoms with Crippen LogP contribution in [-0.2, 0) is 6.54 Å². The number of nitriles is 1. The zero-order valence-corrected chi connectivity index (χ0v) is 28.8. The molecule has 0 spiro atoms. The van der Waals surface area contributed by atoms with Crippen molar-refractivity contribution in [2.45, 2.75) is 45.5 Å². The maximum Gasteiger partial charge on any atom is 0.390 e. The van der Waals surface area contributed by atoms with Crippen molar-refractivity contribution in [1.29, 1.82) is 5.26 Å². The average Bonchev–Trinajstić information content (AvgIpc) is 3.50. The molecule has 260 valence electrons. The van der Waals surface area contributed by atoms with E-state index in [4.69, 9.17) is 16.3 Å². The van der Waals surface area contributed by atoms with E-state index < -0.39 is 29.7 Å². The van der Waals surface area contributed by atoms with Crippen molar-refractivity contribution < 1.29 is 27.8 Å². The van der Waals surface area contributed by atoms with Gasteiger partial charge in [-0.1, -0.05) is 11.6 Å². The molecule has 0 saturated carbocycles. The molecule has 0 amide bonds. The quantitative estimate of drug-likeness (QED) is 0.179. The zero-order chi connectivity index (χ0) is 36.0. The van der Waals surface area contributed by atoms with Gasteiger partial charge in [0.2, 0.25) is 0 Å². The second-order valence-corrected chi connectivity index (χ2v) is 13.8. The third-order valence-corrected chi connectivity index (χ3v) is 10.1. The van der Waals surface area contributed by atoms with E-state index in [1.54, 1.807) is 49.9 Å². The number of benzene rings is 1. The summed E-state index contributed by atoms with van der Waals surface area (Å²) in [4.78, 5) is 42.5. The number of alkyl halides is 3. The Morgan fingerprint density at radius 1 is 1.14 bits per heavy atom. The molecule has 1 aromatic carbocycles. The fourth-order valence-electron chi connectivity index (χ4n) is 6.43. The van der Waals surface area contributed by atoms with Crippen molar-refractivity contribution in [3.05, 3.63) is 74.4 Å². The molecule has 6 rings (SSSR count). The first-order chi connectivity index (χ1) is 23.7. The number of carboxylic acid groups (broad SMARTS) is 1. The van der Waals surface area contributed by atoms with Crippen molar-refractivity contribution in [1.82, 2.24) is 24.4 Å². The Balaban J connectivity index is 1.25. The van der Waals surface area contributed by atoms with Crippen LogP contribution < -0.4 is 15.2 Å². The summed E-state index contributed by atoms with van der Waals surface area (Å²) >= 11 is 7.60. The second kappa shape index (κ2) is 13.5. The molecule has 0 aliphatic carbocycles. The Morgan fingerprint density at radius 2 is 1.88 bits per heavy atom. The molecule has 50 heavy (non-hydrogen) atoms. The van der Waals surface area contributed by atoms with Crippen LogP contribution in [0.25, 0.3) is 32.2 Å². The monoisotopic (exact) mass is 725 g/mol. The van der Waals surface area contributed by atoms with Gasteiger partial charge in [0.1, 0.15) is 35.6 Å². The first kappa shape index (κ1) is 35.1. The van der Waals surface area contributed by atoms with Crippen LogP contribution in [0.3, 0.4) is 0 Å². The number of carboxylic acids is 1. The highest BCUT2D eigenvalue weighted by atomic mass is 35.5. The molecule has 11 nitrogen and oxygen atoms in total. The van der Waals surface area contributed by atoms with E-state index in [1.807, 2.05) is 4.90 Å². The predicted octanol–water partition coefficient (Wildman–Crippen LogP) is 6.53. The SMILES string of the molecule is Cc1nc2cnc(N3CCN(C(C)(C)CC(F)(F)F)CC3)c(C#N)c2c(=O)n1CCOc1ccc(Cl)cc1-c1ccnc2c(C(=O)O)csc12. The summed E-state index contributed by atoms with van der Waals surface area (Å²) in [5, 5.41) is 21.9. The standard InChI is InChI=1S/C34H31ClF3N7O4S/c1-19-42-25-16-41-30(43-8-10-44(11-9-43)33(2,3)18-34(36,37)38)23(15-39)27(25)31(46)45(19)12-13-49-26-5-4-20(35)14-22(26)21-6-7-40-28-24(32(47)48)17-50-29(21)28/h4-7,14,16-17H,8-13,18H2,1-3H3,(H,47,48). The van der Waals surface area contributed by atoms with Crippen molar-refractivity contribution in [3.8, 4) is 22.9 Å². The van der Waals surface area contributed by atoms with E-state index in [9.17, 15) is 33.1 Å². The molecule has 1 fully saturated rings. The van der Waals surface area contributed by atoms with E-state index >= 15 is 0 Å². The highest BCUT2D eigenvalue weighted by Crippen LogP contribution is 2.40. The molecule has 16 heteroatoms. The average molecular weight is 726 g/mol. The Labute approximate surface area is 293 Å². The highest BCUT2D eigenvalue weighted by molar-refractivity contribution is 7.18. The number of hydrogen-bond donors (Lipinski definition) is 1. The number of piperazine rings is 1. The van der Waals surface area contributed by atoms with Gasteiger partial charge in [-0.3, -0.25) is 19.2 Å². The first-order valence-electron chi connectivity index (χ1n) is 15.6.